The molecule has 0 bridgehead atoms. The van der Waals surface area contributed by atoms with Gasteiger partial charge in [0.1, 0.15) is 5.82 Å². The molecule has 0 radical (unpaired) electrons. The Kier molecular flexibility index (Phi) is 3.58. The molecule has 1 aliphatic rings. The van der Waals surface area contributed by atoms with Gasteiger partial charge in [0, 0.05) is 26.3 Å². The molecule has 0 N–H and O–H groups in total. The fourth-order valence-electron chi connectivity index (χ4n) is 2.00. The highest BCUT2D eigenvalue weighted by molar-refractivity contribution is 5.98. The molecule has 1 aliphatic heterocycles. The maximum absolute atomic E-state index is 12.1. The van der Waals surface area contributed by atoms with Crippen molar-refractivity contribution in [1.29, 1.82) is 0 Å². The first kappa shape index (κ1) is 11.9. The van der Waals surface area contributed by atoms with E-state index in [4.69, 9.17) is 4.84 Å². The van der Waals surface area contributed by atoms with Crippen LogP contribution in [0.15, 0.2) is 18.3 Å². The third-order valence-electron chi connectivity index (χ3n) is 2.98. The van der Waals surface area contributed by atoms with Gasteiger partial charge < -0.3 is 4.90 Å². The average molecular weight is 235 g/mol. The van der Waals surface area contributed by atoms with Gasteiger partial charge in [0.15, 0.2) is 0 Å². The number of pyridine rings is 1. The van der Waals surface area contributed by atoms with Crippen molar-refractivity contribution >= 4 is 11.7 Å². The Balaban J connectivity index is 2.29. The van der Waals surface area contributed by atoms with E-state index in [0.717, 1.165) is 31.7 Å². The monoisotopic (exact) mass is 235 g/mol. The number of rotatable bonds is 3. The van der Waals surface area contributed by atoms with Gasteiger partial charge in [-0.1, -0.05) is 0 Å². The van der Waals surface area contributed by atoms with Crippen LogP contribution in [0.5, 0.6) is 0 Å². The van der Waals surface area contributed by atoms with Crippen molar-refractivity contribution in [3.8, 4) is 0 Å². The van der Waals surface area contributed by atoms with Crippen molar-refractivity contribution < 1.29 is 9.63 Å². The summed E-state index contributed by atoms with van der Waals surface area (Å²) in [6.07, 6.45) is 4.03. The summed E-state index contributed by atoms with van der Waals surface area (Å²) >= 11 is 0. The minimum absolute atomic E-state index is 0.164. The molecule has 1 aromatic rings. The van der Waals surface area contributed by atoms with Crippen LogP contribution in [0, 0.1) is 0 Å². The summed E-state index contributed by atoms with van der Waals surface area (Å²) in [5.41, 5.74) is 0.596. The van der Waals surface area contributed by atoms with E-state index in [1.165, 1.54) is 12.2 Å². The van der Waals surface area contributed by atoms with Crippen molar-refractivity contribution in [3.05, 3.63) is 23.9 Å². The molecule has 1 saturated heterocycles. The summed E-state index contributed by atoms with van der Waals surface area (Å²) in [6, 6.07) is 3.56. The van der Waals surface area contributed by atoms with Crippen LogP contribution in [0.3, 0.4) is 0 Å². The summed E-state index contributed by atoms with van der Waals surface area (Å²) in [6.45, 7) is 1.93. The number of anilines is 1. The van der Waals surface area contributed by atoms with Crippen LogP contribution in [0.2, 0.25) is 0 Å². The number of hydroxylamine groups is 2. The number of amides is 1. The Morgan fingerprint density at radius 2 is 2.18 bits per heavy atom. The molecule has 2 heterocycles. The second-order valence-electron chi connectivity index (χ2n) is 4.05. The Labute approximate surface area is 101 Å². The second-order valence-corrected chi connectivity index (χ2v) is 4.05. The third kappa shape index (κ3) is 2.39. The lowest BCUT2D eigenvalue weighted by Crippen LogP contribution is -2.29. The zero-order valence-electron chi connectivity index (χ0n) is 10.2. The van der Waals surface area contributed by atoms with Crippen LogP contribution < -0.4 is 4.90 Å². The molecule has 0 aromatic carbocycles. The Morgan fingerprint density at radius 1 is 1.47 bits per heavy atom. The number of hydrogen-bond donors (Lipinski definition) is 0. The number of aromatic nitrogens is 1. The van der Waals surface area contributed by atoms with E-state index in [2.05, 4.69) is 9.88 Å². The standard InChI is InChI=1S/C12H17N3O2/c1-14(17-2)12(16)10-6-5-7-13-11(10)15-8-3-4-9-15/h5-7H,3-4,8-9H2,1-2H3. The fourth-order valence-corrected chi connectivity index (χ4v) is 2.00. The van der Waals surface area contributed by atoms with Gasteiger partial charge in [0.25, 0.3) is 5.91 Å². The minimum atomic E-state index is -0.164. The van der Waals surface area contributed by atoms with Crippen LogP contribution in [0.1, 0.15) is 23.2 Å². The quantitative estimate of drug-likeness (QED) is 0.741. The van der Waals surface area contributed by atoms with E-state index >= 15 is 0 Å². The maximum atomic E-state index is 12.1. The Hall–Kier alpha value is -1.62. The minimum Gasteiger partial charge on any atom is -0.356 e. The third-order valence-corrected chi connectivity index (χ3v) is 2.98. The van der Waals surface area contributed by atoms with Gasteiger partial charge in [-0.05, 0) is 25.0 Å². The van der Waals surface area contributed by atoms with Crippen molar-refractivity contribution in [2.24, 2.45) is 0 Å². The molecule has 5 heteroatoms. The van der Waals surface area contributed by atoms with Gasteiger partial charge >= 0.3 is 0 Å². The summed E-state index contributed by atoms with van der Waals surface area (Å²) in [5, 5.41) is 1.22. The van der Waals surface area contributed by atoms with Crippen LogP contribution in [0.4, 0.5) is 5.82 Å². The lowest BCUT2D eigenvalue weighted by atomic mass is 10.2. The molecule has 1 amide bonds. The van der Waals surface area contributed by atoms with Gasteiger partial charge in [-0.2, -0.15) is 0 Å². The second kappa shape index (κ2) is 5.14. The molecule has 0 atom stereocenters. The van der Waals surface area contributed by atoms with E-state index in [0.29, 0.717) is 5.56 Å². The van der Waals surface area contributed by atoms with Crippen molar-refractivity contribution in [1.82, 2.24) is 10.0 Å². The molecule has 92 valence electrons. The maximum Gasteiger partial charge on any atom is 0.280 e. The molecule has 1 aromatic heterocycles. The van der Waals surface area contributed by atoms with Crippen molar-refractivity contribution in [3.63, 3.8) is 0 Å². The smallest absolute Gasteiger partial charge is 0.280 e. The predicted octanol–water partition coefficient (Wildman–Crippen LogP) is 1.32. The largest absolute Gasteiger partial charge is 0.356 e. The SMILES string of the molecule is CON(C)C(=O)c1cccnc1N1CCCC1. The molecular formula is C12H17N3O2. The first-order valence-electron chi connectivity index (χ1n) is 5.76. The van der Waals surface area contributed by atoms with Crippen LogP contribution in [0.25, 0.3) is 0 Å². The van der Waals surface area contributed by atoms with E-state index < -0.39 is 0 Å². The molecular weight excluding hydrogens is 218 g/mol. The Bertz CT molecular complexity index is 402. The topological polar surface area (TPSA) is 45.7 Å². The predicted molar refractivity (Wildman–Crippen MR) is 64.8 cm³/mol. The van der Waals surface area contributed by atoms with E-state index in [1.54, 1.807) is 25.4 Å². The van der Waals surface area contributed by atoms with Crippen LogP contribution >= 0.6 is 0 Å². The molecule has 2 rings (SSSR count). The number of nitrogens with zero attached hydrogens (tertiary/aromatic N) is 3. The normalized spacial score (nSPS) is 15.1. The molecule has 0 aliphatic carbocycles. The summed E-state index contributed by atoms with van der Waals surface area (Å²) in [7, 11) is 3.08. The van der Waals surface area contributed by atoms with Gasteiger partial charge in [-0.25, -0.2) is 10.0 Å². The lowest BCUT2D eigenvalue weighted by Gasteiger charge is -2.21. The highest BCUT2D eigenvalue weighted by atomic mass is 16.7. The Morgan fingerprint density at radius 3 is 2.82 bits per heavy atom. The molecule has 1 fully saturated rings. The summed E-state index contributed by atoms with van der Waals surface area (Å²) < 4.78 is 0. The van der Waals surface area contributed by atoms with E-state index in [-0.39, 0.29) is 5.91 Å². The zero-order chi connectivity index (χ0) is 12.3. The molecule has 17 heavy (non-hydrogen) atoms. The van der Waals surface area contributed by atoms with Gasteiger partial charge in [-0.3, -0.25) is 9.63 Å². The zero-order valence-corrected chi connectivity index (χ0v) is 10.2. The molecule has 0 unspecified atom stereocenters. The van der Waals surface area contributed by atoms with Crippen LogP contribution in [-0.4, -0.2) is 43.2 Å². The lowest BCUT2D eigenvalue weighted by molar-refractivity contribution is -0.0756. The molecule has 5 nitrogen and oxygen atoms in total. The van der Waals surface area contributed by atoms with Gasteiger partial charge in [0.05, 0.1) is 12.7 Å². The van der Waals surface area contributed by atoms with Gasteiger partial charge in [-0.15, -0.1) is 0 Å². The summed E-state index contributed by atoms with van der Waals surface area (Å²) in [4.78, 5) is 23.5. The van der Waals surface area contributed by atoms with Gasteiger partial charge in [0.2, 0.25) is 0 Å². The van der Waals surface area contributed by atoms with E-state index in [1.807, 2.05) is 0 Å². The first-order valence-corrected chi connectivity index (χ1v) is 5.76. The highest BCUT2D eigenvalue weighted by Gasteiger charge is 2.22. The van der Waals surface area contributed by atoms with Crippen LogP contribution in [-0.2, 0) is 4.84 Å². The molecule has 0 spiro atoms. The number of carbonyl (C=O) groups is 1. The molecule has 0 saturated carbocycles. The first-order chi connectivity index (χ1) is 8.24. The van der Waals surface area contributed by atoms with Crippen molar-refractivity contribution in [2.45, 2.75) is 12.8 Å². The highest BCUT2D eigenvalue weighted by Crippen LogP contribution is 2.22. The fraction of sp³-hybridized carbons (Fsp3) is 0.500. The number of hydrogen-bond acceptors (Lipinski definition) is 4. The number of carbonyl (C=O) groups excluding carboxylic acids is 1. The van der Waals surface area contributed by atoms with Crippen molar-refractivity contribution in [2.75, 3.05) is 32.1 Å². The van der Waals surface area contributed by atoms with E-state index in [9.17, 15) is 4.79 Å². The summed E-state index contributed by atoms with van der Waals surface area (Å²) in [5.74, 6) is 0.599. The average Bonchev–Trinajstić information content (AvgIpc) is 2.90.